The van der Waals surface area contributed by atoms with Crippen molar-refractivity contribution in [2.75, 3.05) is 26.7 Å². The van der Waals surface area contributed by atoms with Crippen LogP contribution in [0.4, 0.5) is 0 Å². The molecule has 0 bridgehead atoms. The van der Waals surface area contributed by atoms with Crippen molar-refractivity contribution in [3.8, 4) is 11.7 Å². The van der Waals surface area contributed by atoms with E-state index in [0.29, 0.717) is 23.1 Å². The summed E-state index contributed by atoms with van der Waals surface area (Å²) in [7, 11) is 2.08. The molecule has 6 nitrogen and oxygen atoms in total. The third-order valence-corrected chi connectivity index (χ3v) is 4.09. The zero-order valence-corrected chi connectivity index (χ0v) is 13.2. The minimum Gasteiger partial charge on any atom is -0.459 e. The summed E-state index contributed by atoms with van der Waals surface area (Å²) in [5, 5.41) is 0. The molecule has 1 aliphatic rings. The lowest BCUT2D eigenvalue weighted by Gasteiger charge is -2.38. The number of furan rings is 1. The lowest BCUT2D eigenvalue weighted by molar-refractivity contribution is -0.134. The highest BCUT2D eigenvalue weighted by Crippen LogP contribution is 2.23. The maximum absolute atomic E-state index is 12.5. The van der Waals surface area contributed by atoms with Crippen molar-refractivity contribution < 1.29 is 13.6 Å². The van der Waals surface area contributed by atoms with E-state index in [1.54, 1.807) is 18.4 Å². The standard InChI is InChI=1S/C16H21N3O3/c1-11-10-18(3)6-7-19(11)15(20)9-13-12(2)22-16(17-13)14-5-4-8-21-14/h4-5,8,11H,6-7,9-10H2,1-3H3/t11-/m0/s1. The number of aromatic nitrogens is 1. The average molecular weight is 303 g/mol. The predicted octanol–water partition coefficient (Wildman–Crippen LogP) is 1.95. The van der Waals surface area contributed by atoms with Gasteiger partial charge >= 0.3 is 0 Å². The van der Waals surface area contributed by atoms with E-state index < -0.39 is 0 Å². The number of hydrogen-bond acceptors (Lipinski definition) is 5. The fraction of sp³-hybridized carbons (Fsp3) is 0.500. The number of aryl methyl sites for hydroxylation is 1. The molecule has 3 rings (SSSR count). The summed E-state index contributed by atoms with van der Waals surface area (Å²) >= 11 is 0. The number of carbonyl (C=O) groups excluding carboxylic acids is 1. The third kappa shape index (κ3) is 2.92. The molecular formula is C16H21N3O3. The molecule has 1 saturated heterocycles. The average Bonchev–Trinajstić information content (AvgIpc) is 3.09. The topological polar surface area (TPSA) is 62.7 Å². The molecule has 1 atom stereocenters. The highest BCUT2D eigenvalue weighted by molar-refractivity contribution is 5.79. The Bertz CT molecular complexity index is 648. The second-order valence-electron chi connectivity index (χ2n) is 5.87. The molecule has 3 heterocycles. The molecule has 2 aromatic heterocycles. The number of piperazine rings is 1. The first-order chi connectivity index (χ1) is 10.5. The number of nitrogens with zero attached hydrogens (tertiary/aromatic N) is 3. The van der Waals surface area contributed by atoms with Crippen LogP contribution in [0.3, 0.4) is 0 Å². The summed E-state index contributed by atoms with van der Waals surface area (Å²) in [5.74, 6) is 1.77. The largest absolute Gasteiger partial charge is 0.459 e. The van der Waals surface area contributed by atoms with Crippen LogP contribution < -0.4 is 0 Å². The summed E-state index contributed by atoms with van der Waals surface area (Å²) < 4.78 is 10.9. The Hall–Kier alpha value is -2.08. The van der Waals surface area contributed by atoms with Crippen molar-refractivity contribution in [3.63, 3.8) is 0 Å². The Balaban J connectivity index is 1.72. The Morgan fingerprint density at radius 1 is 1.45 bits per heavy atom. The molecular weight excluding hydrogens is 282 g/mol. The van der Waals surface area contributed by atoms with Gasteiger partial charge in [0.15, 0.2) is 5.76 Å². The van der Waals surface area contributed by atoms with Crippen LogP contribution in [0, 0.1) is 6.92 Å². The smallest absolute Gasteiger partial charge is 0.263 e. The number of likely N-dealkylation sites (N-methyl/N-ethyl adjacent to an activating group) is 1. The maximum Gasteiger partial charge on any atom is 0.263 e. The molecule has 0 saturated carbocycles. The molecule has 0 radical (unpaired) electrons. The van der Waals surface area contributed by atoms with E-state index in [0.717, 1.165) is 19.6 Å². The highest BCUT2D eigenvalue weighted by atomic mass is 16.4. The number of hydrogen-bond donors (Lipinski definition) is 0. The molecule has 6 heteroatoms. The summed E-state index contributed by atoms with van der Waals surface area (Å²) in [6, 6.07) is 3.80. The van der Waals surface area contributed by atoms with E-state index in [2.05, 4.69) is 23.9 Å². The minimum absolute atomic E-state index is 0.1000. The number of rotatable bonds is 3. The van der Waals surface area contributed by atoms with Gasteiger partial charge in [0.05, 0.1) is 18.4 Å². The zero-order valence-electron chi connectivity index (χ0n) is 13.2. The van der Waals surface area contributed by atoms with Crippen LogP contribution in [-0.2, 0) is 11.2 Å². The summed E-state index contributed by atoms with van der Waals surface area (Å²) in [5.41, 5.74) is 0.683. The quantitative estimate of drug-likeness (QED) is 0.867. The molecule has 1 aliphatic heterocycles. The van der Waals surface area contributed by atoms with Gasteiger partial charge in [-0.25, -0.2) is 4.98 Å². The van der Waals surface area contributed by atoms with E-state index in [4.69, 9.17) is 8.83 Å². The monoisotopic (exact) mass is 303 g/mol. The van der Waals surface area contributed by atoms with Crippen molar-refractivity contribution in [1.29, 1.82) is 0 Å². The summed E-state index contributed by atoms with van der Waals surface area (Å²) in [6.07, 6.45) is 1.84. The van der Waals surface area contributed by atoms with E-state index in [-0.39, 0.29) is 18.4 Å². The normalized spacial score (nSPS) is 19.6. The van der Waals surface area contributed by atoms with Gasteiger partial charge in [-0.3, -0.25) is 4.79 Å². The van der Waals surface area contributed by atoms with Gasteiger partial charge in [0.2, 0.25) is 5.91 Å². The fourth-order valence-corrected chi connectivity index (χ4v) is 2.85. The van der Waals surface area contributed by atoms with Gasteiger partial charge < -0.3 is 18.6 Å². The first-order valence-corrected chi connectivity index (χ1v) is 7.53. The molecule has 118 valence electrons. The summed E-state index contributed by atoms with van der Waals surface area (Å²) in [6.45, 7) is 6.48. The van der Waals surface area contributed by atoms with Crippen LogP contribution in [0.15, 0.2) is 27.2 Å². The van der Waals surface area contributed by atoms with Crippen LogP contribution in [0.2, 0.25) is 0 Å². The second kappa shape index (κ2) is 5.96. The van der Waals surface area contributed by atoms with Gasteiger partial charge in [-0.2, -0.15) is 0 Å². The Morgan fingerprint density at radius 2 is 2.27 bits per heavy atom. The van der Waals surface area contributed by atoms with Crippen LogP contribution in [-0.4, -0.2) is 53.4 Å². The van der Waals surface area contributed by atoms with Crippen LogP contribution in [0.25, 0.3) is 11.7 Å². The fourth-order valence-electron chi connectivity index (χ4n) is 2.85. The number of amides is 1. The Kier molecular flexibility index (Phi) is 4.02. The molecule has 1 fully saturated rings. The first kappa shape index (κ1) is 14.8. The van der Waals surface area contributed by atoms with Crippen molar-refractivity contribution in [2.24, 2.45) is 0 Å². The molecule has 1 amide bonds. The minimum atomic E-state index is 0.1000. The van der Waals surface area contributed by atoms with E-state index in [9.17, 15) is 4.79 Å². The van der Waals surface area contributed by atoms with Crippen LogP contribution in [0.1, 0.15) is 18.4 Å². The SMILES string of the molecule is Cc1oc(-c2ccco2)nc1CC(=O)N1CCN(C)C[C@@H]1C. The number of oxazole rings is 1. The Morgan fingerprint density at radius 3 is 2.95 bits per heavy atom. The molecule has 0 aliphatic carbocycles. The van der Waals surface area contributed by atoms with Crippen molar-refractivity contribution >= 4 is 5.91 Å². The lowest BCUT2D eigenvalue weighted by atomic mass is 10.1. The number of carbonyl (C=O) groups is 1. The molecule has 22 heavy (non-hydrogen) atoms. The van der Waals surface area contributed by atoms with Crippen molar-refractivity contribution in [1.82, 2.24) is 14.8 Å². The van der Waals surface area contributed by atoms with Gasteiger partial charge in [-0.1, -0.05) is 0 Å². The van der Waals surface area contributed by atoms with E-state index in [1.165, 1.54) is 0 Å². The van der Waals surface area contributed by atoms with Gasteiger partial charge in [0.25, 0.3) is 5.89 Å². The van der Waals surface area contributed by atoms with Crippen molar-refractivity contribution in [3.05, 3.63) is 29.9 Å². The van der Waals surface area contributed by atoms with E-state index in [1.807, 2.05) is 11.8 Å². The van der Waals surface area contributed by atoms with Gasteiger partial charge in [-0.05, 0) is 33.0 Å². The maximum atomic E-state index is 12.5. The van der Waals surface area contributed by atoms with Crippen LogP contribution >= 0.6 is 0 Å². The molecule has 0 unspecified atom stereocenters. The zero-order chi connectivity index (χ0) is 15.7. The van der Waals surface area contributed by atoms with Crippen LogP contribution in [0.5, 0.6) is 0 Å². The van der Waals surface area contributed by atoms with Gasteiger partial charge in [0.1, 0.15) is 5.76 Å². The summed E-state index contributed by atoms with van der Waals surface area (Å²) in [4.78, 5) is 21.1. The second-order valence-corrected chi connectivity index (χ2v) is 5.87. The molecule has 0 aromatic carbocycles. The van der Waals surface area contributed by atoms with Crippen molar-refractivity contribution in [2.45, 2.75) is 26.3 Å². The van der Waals surface area contributed by atoms with E-state index >= 15 is 0 Å². The predicted molar refractivity (Wildman–Crippen MR) is 81.3 cm³/mol. The van der Waals surface area contributed by atoms with Gasteiger partial charge in [-0.15, -0.1) is 0 Å². The lowest BCUT2D eigenvalue weighted by Crippen LogP contribution is -2.53. The Labute approximate surface area is 129 Å². The van der Waals surface area contributed by atoms with Gasteiger partial charge in [0, 0.05) is 25.7 Å². The first-order valence-electron chi connectivity index (χ1n) is 7.53. The molecule has 0 N–H and O–H groups in total. The molecule has 0 spiro atoms. The molecule has 2 aromatic rings. The third-order valence-electron chi connectivity index (χ3n) is 4.09. The highest BCUT2D eigenvalue weighted by Gasteiger charge is 2.27.